The fraction of sp³-hybridized carbons (Fsp3) is 0.182. The molecule has 1 heterocycles. The number of benzene rings is 1. The summed E-state index contributed by atoms with van der Waals surface area (Å²) in [5.74, 6) is 0.446. The molecule has 2 rings (SSSR count). The van der Waals surface area contributed by atoms with Gasteiger partial charge in [-0.25, -0.2) is 9.37 Å². The van der Waals surface area contributed by atoms with Gasteiger partial charge in [0.25, 0.3) is 0 Å². The second-order valence-electron chi connectivity index (χ2n) is 3.28. The van der Waals surface area contributed by atoms with E-state index >= 15 is 0 Å². The van der Waals surface area contributed by atoms with Crippen molar-refractivity contribution in [3.63, 3.8) is 0 Å². The molecule has 1 N–H and O–H groups in total. The second kappa shape index (κ2) is 4.92. The lowest BCUT2D eigenvalue weighted by atomic mass is 10.1. The van der Waals surface area contributed by atoms with Gasteiger partial charge in [0.1, 0.15) is 11.5 Å². The number of oxazole rings is 1. The average molecular weight is 332 g/mol. The number of hydrogen-bond acceptors (Lipinski definition) is 3. The van der Waals surface area contributed by atoms with Gasteiger partial charge in [0.05, 0.1) is 0 Å². The third kappa shape index (κ3) is 2.25. The molecule has 0 saturated carbocycles. The van der Waals surface area contributed by atoms with Crippen LogP contribution in [0.4, 0.5) is 4.39 Å². The molecule has 0 aliphatic rings. The minimum Gasteiger partial charge on any atom is -0.443 e. The minimum absolute atomic E-state index is 0.247. The molecule has 0 fully saturated rings. The molecular weight excluding hydrogens is 322 g/mol. The predicted octanol–water partition coefficient (Wildman–Crippen LogP) is 2.80. The van der Waals surface area contributed by atoms with Crippen LogP contribution in [0.15, 0.2) is 29.0 Å². The van der Waals surface area contributed by atoms with Crippen molar-refractivity contribution in [1.82, 2.24) is 10.3 Å². The summed E-state index contributed by atoms with van der Waals surface area (Å²) in [6, 6.07) is 4.60. The Bertz CT molecular complexity index is 498. The molecule has 0 atom stereocenters. The molecule has 0 aliphatic heterocycles. The van der Waals surface area contributed by atoms with Gasteiger partial charge < -0.3 is 9.73 Å². The van der Waals surface area contributed by atoms with E-state index in [9.17, 15) is 4.39 Å². The van der Waals surface area contributed by atoms with Gasteiger partial charge in [-0.1, -0.05) is 0 Å². The van der Waals surface area contributed by atoms with E-state index in [-0.39, 0.29) is 5.82 Å². The summed E-state index contributed by atoms with van der Waals surface area (Å²) >= 11 is 2.08. The lowest BCUT2D eigenvalue weighted by molar-refractivity contribution is 0.569. The monoisotopic (exact) mass is 332 g/mol. The Morgan fingerprint density at radius 2 is 2.31 bits per heavy atom. The summed E-state index contributed by atoms with van der Waals surface area (Å²) in [5.41, 5.74) is 1.69. The highest BCUT2D eigenvalue weighted by Gasteiger charge is 2.13. The smallest absolute Gasteiger partial charge is 0.181 e. The van der Waals surface area contributed by atoms with E-state index in [2.05, 4.69) is 32.9 Å². The van der Waals surface area contributed by atoms with Gasteiger partial charge in [-0.2, -0.15) is 0 Å². The predicted molar refractivity (Wildman–Crippen MR) is 67.4 cm³/mol. The molecule has 3 nitrogen and oxygen atoms in total. The summed E-state index contributed by atoms with van der Waals surface area (Å²) in [7, 11) is 1.84. The Balaban J connectivity index is 2.46. The molecule has 16 heavy (non-hydrogen) atoms. The van der Waals surface area contributed by atoms with Gasteiger partial charge in [-0.05, 0) is 47.8 Å². The number of nitrogens with one attached hydrogen (secondary N) is 1. The summed E-state index contributed by atoms with van der Waals surface area (Å²) in [5, 5.41) is 3.01. The highest BCUT2D eigenvalue weighted by molar-refractivity contribution is 14.1. The maximum atomic E-state index is 13.0. The fourth-order valence-electron chi connectivity index (χ4n) is 1.46. The zero-order valence-electron chi connectivity index (χ0n) is 8.63. The maximum Gasteiger partial charge on any atom is 0.181 e. The van der Waals surface area contributed by atoms with Crippen molar-refractivity contribution in [2.75, 3.05) is 7.05 Å². The molecule has 1 aromatic heterocycles. The molecule has 0 saturated heterocycles. The summed E-state index contributed by atoms with van der Waals surface area (Å²) in [6.45, 7) is 0.624. The second-order valence-corrected chi connectivity index (χ2v) is 4.44. The molecular formula is C11H10FIN2O. The van der Waals surface area contributed by atoms with Gasteiger partial charge >= 0.3 is 0 Å². The number of nitrogens with zero attached hydrogens (tertiary/aromatic N) is 1. The minimum atomic E-state index is -0.247. The summed E-state index contributed by atoms with van der Waals surface area (Å²) in [4.78, 5) is 4.12. The maximum absolute atomic E-state index is 13.0. The van der Waals surface area contributed by atoms with Crippen LogP contribution in [-0.4, -0.2) is 12.0 Å². The first-order valence-corrected chi connectivity index (χ1v) is 5.82. The first kappa shape index (κ1) is 11.5. The van der Waals surface area contributed by atoms with Crippen molar-refractivity contribution in [3.8, 4) is 11.3 Å². The molecule has 0 radical (unpaired) electrons. The largest absolute Gasteiger partial charge is 0.443 e. The van der Waals surface area contributed by atoms with Crippen molar-refractivity contribution in [2.24, 2.45) is 0 Å². The van der Waals surface area contributed by atoms with Crippen LogP contribution in [0.1, 0.15) is 5.69 Å². The van der Waals surface area contributed by atoms with Crippen molar-refractivity contribution < 1.29 is 8.81 Å². The first-order chi connectivity index (χ1) is 7.72. The van der Waals surface area contributed by atoms with Crippen molar-refractivity contribution in [1.29, 1.82) is 0 Å². The Morgan fingerprint density at radius 1 is 1.50 bits per heavy atom. The van der Waals surface area contributed by atoms with E-state index in [1.54, 1.807) is 6.07 Å². The molecule has 0 spiro atoms. The van der Waals surface area contributed by atoms with Gasteiger partial charge in [-0.15, -0.1) is 0 Å². The molecule has 0 bridgehead atoms. The molecule has 1 aromatic carbocycles. The lowest BCUT2D eigenvalue weighted by Gasteiger charge is -2.03. The number of rotatable bonds is 3. The van der Waals surface area contributed by atoms with Crippen LogP contribution < -0.4 is 5.32 Å². The quantitative estimate of drug-likeness (QED) is 0.879. The Kier molecular flexibility index (Phi) is 3.55. The Morgan fingerprint density at radius 3 is 3.00 bits per heavy atom. The Hall–Kier alpha value is -0.950. The molecule has 84 valence electrons. The van der Waals surface area contributed by atoms with Gasteiger partial charge in [-0.3, -0.25) is 0 Å². The standard InChI is InChI=1S/C11H10FIN2O/c1-14-5-10-11(16-6-15-10)8-3-2-7(12)4-9(8)13/h2-4,6,14H,5H2,1H3. The first-order valence-electron chi connectivity index (χ1n) is 4.74. The van der Waals surface area contributed by atoms with E-state index < -0.39 is 0 Å². The van der Waals surface area contributed by atoms with Gasteiger partial charge in [0.15, 0.2) is 12.2 Å². The molecule has 0 aliphatic carbocycles. The molecule has 0 amide bonds. The number of halogens is 2. The zero-order valence-corrected chi connectivity index (χ0v) is 10.8. The third-order valence-electron chi connectivity index (χ3n) is 2.16. The van der Waals surface area contributed by atoms with Crippen molar-refractivity contribution in [2.45, 2.75) is 6.54 Å². The highest BCUT2D eigenvalue weighted by Crippen LogP contribution is 2.28. The van der Waals surface area contributed by atoms with Crippen LogP contribution in [0.5, 0.6) is 0 Å². The van der Waals surface area contributed by atoms with Crippen LogP contribution in [0.3, 0.4) is 0 Å². The van der Waals surface area contributed by atoms with Crippen LogP contribution in [0, 0.1) is 9.39 Å². The average Bonchev–Trinajstić information content (AvgIpc) is 2.67. The highest BCUT2D eigenvalue weighted by atomic mass is 127. The number of hydrogen-bond donors (Lipinski definition) is 1. The van der Waals surface area contributed by atoms with Crippen LogP contribution in [0.2, 0.25) is 0 Å². The van der Waals surface area contributed by atoms with Gasteiger partial charge in [0.2, 0.25) is 0 Å². The zero-order chi connectivity index (χ0) is 11.5. The summed E-state index contributed by atoms with van der Waals surface area (Å²) in [6.07, 6.45) is 1.40. The molecule has 2 aromatic rings. The van der Waals surface area contributed by atoms with E-state index in [1.165, 1.54) is 18.5 Å². The number of aromatic nitrogens is 1. The third-order valence-corrected chi connectivity index (χ3v) is 3.05. The van der Waals surface area contributed by atoms with Gasteiger partial charge in [0, 0.05) is 15.7 Å². The van der Waals surface area contributed by atoms with E-state index in [4.69, 9.17) is 4.42 Å². The van der Waals surface area contributed by atoms with E-state index in [0.29, 0.717) is 12.3 Å². The SMILES string of the molecule is CNCc1ncoc1-c1ccc(F)cc1I. The summed E-state index contributed by atoms with van der Waals surface area (Å²) < 4.78 is 19.1. The van der Waals surface area contributed by atoms with Crippen molar-refractivity contribution in [3.05, 3.63) is 39.7 Å². The fourth-order valence-corrected chi connectivity index (χ4v) is 2.18. The lowest BCUT2D eigenvalue weighted by Crippen LogP contribution is -2.06. The molecule has 5 heteroatoms. The Labute approximate surface area is 106 Å². The van der Waals surface area contributed by atoms with E-state index in [0.717, 1.165) is 14.8 Å². The normalized spacial score (nSPS) is 10.7. The topological polar surface area (TPSA) is 38.1 Å². The van der Waals surface area contributed by atoms with Crippen LogP contribution in [-0.2, 0) is 6.54 Å². The van der Waals surface area contributed by atoms with E-state index in [1.807, 2.05) is 7.05 Å². The van der Waals surface area contributed by atoms with Crippen molar-refractivity contribution >= 4 is 22.6 Å². The molecule has 0 unspecified atom stereocenters. The van der Waals surface area contributed by atoms with Crippen LogP contribution >= 0.6 is 22.6 Å². The van der Waals surface area contributed by atoms with Crippen LogP contribution in [0.25, 0.3) is 11.3 Å².